The fourth-order valence-corrected chi connectivity index (χ4v) is 3.08. The van der Waals surface area contributed by atoms with Gasteiger partial charge in [-0.3, -0.25) is 9.79 Å². The highest BCUT2D eigenvalue weighted by atomic mass is 16.5. The highest BCUT2D eigenvalue weighted by Gasteiger charge is 2.36. The lowest BCUT2D eigenvalue weighted by molar-refractivity contribution is -0.133. The second-order valence-electron chi connectivity index (χ2n) is 7.21. The van der Waals surface area contributed by atoms with Gasteiger partial charge >= 0.3 is 6.09 Å². The number of nitrogens with zero attached hydrogens (tertiary/aromatic N) is 2. The lowest BCUT2D eigenvalue weighted by atomic mass is 10.0. The normalized spacial score (nSPS) is 19.7. The zero-order valence-electron chi connectivity index (χ0n) is 16.5. The number of hydrogen-bond donors (Lipinski definition) is 2. The maximum absolute atomic E-state index is 13.3. The first-order valence-electron chi connectivity index (χ1n) is 9.38. The summed E-state index contributed by atoms with van der Waals surface area (Å²) >= 11 is 0. The smallest absolute Gasteiger partial charge is 0.407 e. The van der Waals surface area contributed by atoms with Crippen LogP contribution in [-0.4, -0.2) is 48.5 Å². The summed E-state index contributed by atoms with van der Waals surface area (Å²) in [7, 11) is 1.28. The second-order valence-corrected chi connectivity index (χ2v) is 7.21. The summed E-state index contributed by atoms with van der Waals surface area (Å²) < 4.78 is 4.70. The minimum atomic E-state index is -0.824. The molecule has 1 aromatic carbocycles. The van der Waals surface area contributed by atoms with E-state index in [9.17, 15) is 9.59 Å². The van der Waals surface area contributed by atoms with Gasteiger partial charge in [0.25, 0.3) is 5.91 Å². The van der Waals surface area contributed by atoms with Crippen molar-refractivity contribution in [3.8, 4) is 0 Å². The topological polar surface area (TPSA) is 97.0 Å². The van der Waals surface area contributed by atoms with Crippen LogP contribution in [0, 0.1) is 5.92 Å². The lowest BCUT2D eigenvalue weighted by Crippen LogP contribution is -2.49. The molecule has 3 atom stereocenters. The van der Waals surface area contributed by atoms with Crippen molar-refractivity contribution >= 4 is 17.8 Å². The van der Waals surface area contributed by atoms with E-state index in [1.165, 1.54) is 7.11 Å². The van der Waals surface area contributed by atoms with E-state index in [-0.39, 0.29) is 18.0 Å². The summed E-state index contributed by atoms with van der Waals surface area (Å²) in [4.78, 5) is 31.4. The molecule has 7 heteroatoms. The maximum Gasteiger partial charge on any atom is 0.407 e. The van der Waals surface area contributed by atoms with Crippen molar-refractivity contribution in [3.63, 3.8) is 0 Å². The number of hydrogen-bond acceptors (Lipinski definition) is 4. The van der Waals surface area contributed by atoms with Crippen LogP contribution < -0.4 is 11.1 Å². The Hall–Kier alpha value is -2.57. The number of benzene rings is 1. The van der Waals surface area contributed by atoms with Crippen LogP contribution in [0.2, 0.25) is 0 Å². The van der Waals surface area contributed by atoms with E-state index < -0.39 is 12.1 Å². The Kier molecular flexibility index (Phi) is 7.21. The third-order valence-corrected chi connectivity index (χ3v) is 5.02. The molecule has 0 saturated carbocycles. The van der Waals surface area contributed by atoms with Gasteiger partial charge in [0.2, 0.25) is 0 Å². The van der Waals surface area contributed by atoms with Gasteiger partial charge in [0, 0.05) is 6.54 Å². The van der Waals surface area contributed by atoms with Crippen molar-refractivity contribution in [2.24, 2.45) is 16.6 Å². The Balaban J connectivity index is 2.26. The van der Waals surface area contributed by atoms with Crippen molar-refractivity contribution in [3.05, 3.63) is 35.9 Å². The summed E-state index contributed by atoms with van der Waals surface area (Å²) in [5.74, 6) is 0.642. The fraction of sp³-hybridized carbons (Fsp3) is 0.550. The monoisotopic (exact) mass is 374 g/mol. The molecule has 0 aliphatic carbocycles. The van der Waals surface area contributed by atoms with Gasteiger partial charge < -0.3 is 20.7 Å². The zero-order valence-corrected chi connectivity index (χ0v) is 16.5. The highest BCUT2D eigenvalue weighted by Crippen LogP contribution is 2.24. The second kappa shape index (κ2) is 9.39. The van der Waals surface area contributed by atoms with Crippen molar-refractivity contribution < 1.29 is 14.3 Å². The number of nitrogens with one attached hydrogen (secondary N) is 1. The van der Waals surface area contributed by atoms with Gasteiger partial charge in [0.05, 0.1) is 19.2 Å². The predicted molar refractivity (Wildman–Crippen MR) is 105 cm³/mol. The van der Waals surface area contributed by atoms with E-state index in [1.54, 1.807) is 4.90 Å². The minimum absolute atomic E-state index is 0.0840. The molecule has 0 radical (unpaired) electrons. The number of aliphatic imine (C=N–C) groups is 1. The van der Waals surface area contributed by atoms with Crippen molar-refractivity contribution in [1.82, 2.24) is 10.2 Å². The van der Waals surface area contributed by atoms with Crippen LogP contribution in [0.4, 0.5) is 4.79 Å². The van der Waals surface area contributed by atoms with Crippen molar-refractivity contribution in [1.29, 1.82) is 0 Å². The summed E-state index contributed by atoms with van der Waals surface area (Å²) in [5.41, 5.74) is 6.95. The molecule has 0 spiro atoms. The summed E-state index contributed by atoms with van der Waals surface area (Å²) in [6.07, 6.45) is 0.969. The fourth-order valence-electron chi connectivity index (χ4n) is 3.08. The molecule has 1 aliphatic heterocycles. The molecule has 1 saturated heterocycles. The van der Waals surface area contributed by atoms with Gasteiger partial charge in [-0.15, -0.1) is 0 Å². The Morgan fingerprint density at radius 2 is 1.93 bits per heavy atom. The Labute approximate surface area is 161 Å². The average Bonchev–Trinajstić information content (AvgIpc) is 3.15. The number of rotatable bonds is 6. The molecular weight excluding hydrogens is 344 g/mol. The molecule has 1 fully saturated rings. The first kappa shape index (κ1) is 20.7. The first-order chi connectivity index (χ1) is 12.8. The van der Waals surface area contributed by atoms with E-state index in [4.69, 9.17) is 10.5 Å². The minimum Gasteiger partial charge on any atom is -0.453 e. The Morgan fingerprint density at radius 1 is 1.26 bits per heavy atom. The number of nitrogens with two attached hydrogens (primary N) is 1. The molecule has 148 valence electrons. The molecule has 3 N–H and O–H groups in total. The number of carbonyl (C=O) groups is 2. The van der Waals surface area contributed by atoms with Crippen LogP contribution in [0.3, 0.4) is 0 Å². The number of amides is 2. The van der Waals surface area contributed by atoms with Crippen LogP contribution in [-0.2, 0) is 9.53 Å². The van der Waals surface area contributed by atoms with E-state index in [0.717, 1.165) is 12.8 Å². The Bertz CT molecular complexity index is 675. The maximum atomic E-state index is 13.3. The van der Waals surface area contributed by atoms with Crippen LogP contribution in [0.5, 0.6) is 0 Å². The van der Waals surface area contributed by atoms with Gasteiger partial charge in [0.1, 0.15) is 11.9 Å². The summed E-state index contributed by atoms with van der Waals surface area (Å²) in [5, 5.41) is 2.65. The van der Waals surface area contributed by atoms with E-state index in [2.05, 4.69) is 24.2 Å². The molecule has 1 aromatic rings. The molecule has 2 amide bonds. The van der Waals surface area contributed by atoms with E-state index in [0.29, 0.717) is 23.9 Å². The largest absolute Gasteiger partial charge is 0.453 e. The third-order valence-electron chi connectivity index (χ3n) is 5.02. The number of methoxy groups -OCH3 is 1. The SMILES string of the molecule is COC(=O)N[C@@H](C(=O)N1CCC[C@H]1C(N)=NC(C)C(C)C)c1ccccc1. The van der Waals surface area contributed by atoms with Gasteiger partial charge in [-0.25, -0.2) is 4.79 Å². The number of carbonyl (C=O) groups excluding carboxylic acids is 2. The zero-order chi connectivity index (χ0) is 20.0. The molecule has 2 rings (SSSR count). The van der Waals surface area contributed by atoms with Gasteiger partial charge in [-0.05, 0) is 31.2 Å². The van der Waals surface area contributed by atoms with Crippen LogP contribution in [0.1, 0.15) is 45.2 Å². The molecule has 0 aromatic heterocycles. The first-order valence-corrected chi connectivity index (χ1v) is 9.38. The number of amidine groups is 1. The van der Waals surface area contributed by atoms with E-state index in [1.807, 2.05) is 37.3 Å². The van der Waals surface area contributed by atoms with Crippen LogP contribution >= 0.6 is 0 Å². The molecule has 0 bridgehead atoms. The number of ether oxygens (including phenoxy) is 1. The number of alkyl carbamates (subject to hydrolysis) is 1. The van der Waals surface area contributed by atoms with Crippen LogP contribution in [0.25, 0.3) is 0 Å². The summed E-state index contributed by atoms with van der Waals surface area (Å²) in [6.45, 7) is 6.78. The quantitative estimate of drug-likeness (QED) is 0.590. The molecule has 7 nitrogen and oxygen atoms in total. The third kappa shape index (κ3) is 5.21. The molecule has 1 unspecified atom stereocenters. The average molecular weight is 374 g/mol. The standard InChI is InChI=1S/C20H30N4O3/c1-13(2)14(3)22-18(21)16-11-8-12-24(16)19(25)17(23-20(26)27-4)15-9-6-5-7-10-15/h5-7,9-10,13-14,16-17H,8,11-12H2,1-4H3,(H2,21,22)(H,23,26)/t14?,16-,17+/m0/s1. The van der Waals surface area contributed by atoms with E-state index >= 15 is 0 Å². The van der Waals surface area contributed by atoms with Crippen LogP contribution in [0.15, 0.2) is 35.3 Å². The highest BCUT2D eigenvalue weighted by molar-refractivity contribution is 5.94. The van der Waals surface area contributed by atoms with Crippen molar-refractivity contribution in [2.75, 3.05) is 13.7 Å². The van der Waals surface area contributed by atoms with Gasteiger partial charge in [0.15, 0.2) is 0 Å². The van der Waals surface area contributed by atoms with Gasteiger partial charge in [-0.1, -0.05) is 44.2 Å². The van der Waals surface area contributed by atoms with Gasteiger partial charge in [-0.2, -0.15) is 0 Å². The summed E-state index contributed by atoms with van der Waals surface area (Å²) in [6, 6.07) is 8.15. The predicted octanol–water partition coefficient (Wildman–Crippen LogP) is 2.48. The Morgan fingerprint density at radius 3 is 2.52 bits per heavy atom. The number of likely N-dealkylation sites (tertiary alicyclic amines) is 1. The molecular formula is C20H30N4O3. The molecule has 27 heavy (non-hydrogen) atoms. The molecule has 1 heterocycles. The lowest BCUT2D eigenvalue weighted by Gasteiger charge is -2.29. The van der Waals surface area contributed by atoms with Crippen molar-refractivity contribution in [2.45, 2.75) is 51.7 Å². The molecule has 1 aliphatic rings.